The molecule has 1 aromatic heterocycles. The Hall–Kier alpha value is -2.97. The number of nitrogens with one attached hydrogen (secondary N) is 1. The molecule has 3 aromatic rings. The monoisotopic (exact) mass is 431 g/mol. The third-order valence-electron chi connectivity index (χ3n) is 4.53. The first-order chi connectivity index (χ1) is 13.8. The lowest BCUT2D eigenvalue weighted by Gasteiger charge is -2.26. The number of fused-ring (bicyclic) bond motifs is 1. The van der Waals surface area contributed by atoms with Crippen LogP contribution in [0.25, 0.3) is 11.3 Å². The highest BCUT2D eigenvalue weighted by Gasteiger charge is 2.24. The van der Waals surface area contributed by atoms with Crippen molar-refractivity contribution >= 4 is 45.6 Å². The number of hydrogen-bond acceptors (Lipinski definition) is 5. The smallest absolute Gasteiger partial charge is 0.264 e. The fourth-order valence-electron chi connectivity index (χ4n) is 3.01. The number of rotatable bonds is 3. The molecule has 2 aromatic carbocycles. The van der Waals surface area contributed by atoms with Crippen LogP contribution in [0.5, 0.6) is 5.75 Å². The molecule has 9 heteroatoms. The fourth-order valence-corrected chi connectivity index (χ4v) is 4.09. The molecule has 2 heterocycles. The molecule has 2 amide bonds. The lowest BCUT2D eigenvalue weighted by atomic mass is 10.1. The normalized spacial score (nSPS) is 13.1. The largest absolute Gasteiger partial charge is 0.482 e. The summed E-state index contributed by atoms with van der Waals surface area (Å²) in [7, 11) is 1.69. The summed E-state index contributed by atoms with van der Waals surface area (Å²) in [4.78, 5) is 31.2. The second-order valence-electron chi connectivity index (χ2n) is 6.40. The number of likely N-dealkylation sites (N-methyl/N-ethyl adjacent to an activating group) is 1. The highest BCUT2D eigenvalue weighted by Crippen LogP contribution is 2.38. The van der Waals surface area contributed by atoms with Crippen LogP contribution in [0, 0.1) is 12.7 Å². The zero-order chi connectivity index (χ0) is 20.7. The van der Waals surface area contributed by atoms with Gasteiger partial charge in [-0.25, -0.2) is 9.37 Å². The molecule has 6 nitrogen and oxygen atoms in total. The maximum atomic E-state index is 14.0. The first kappa shape index (κ1) is 19.4. The minimum Gasteiger partial charge on any atom is -0.482 e. The van der Waals surface area contributed by atoms with Crippen molar-refractivity contribution in [2.24, 2.45) is 0 Å². The van der Waals surface area contributed by atoms with Crippen molar-refractivity contribution in [2.75, 3.05) is 23.9 Å². The van der Waals surface area contributed by atoms with Gasteiger partial charge in [-0.15, -0.1) is 11.3 Å². The van der Waals surface area contributed by atoms with E-state index in [0.717, 1.165) is 10.4 Å². The summed E-state index contributed by atoms with van der Waals surface area (Å²) in [6.45, 7) is 1.87. The van der Waals surface area contributed by atoms with E-state index in [9.17, 15) is 14.0 Å². The average Bonchev–Trinajstić information content (AvgIpc) is 3.04. The molecule has 29 heavy (non-hydrogen) atoms. The predicted molar refractivity (Wildman–Crippen MR) is 111 cm³/mol. The molecule has 0 radical (unpaired) electrons. The topological polar surface area (TPSA) is 71.5 Å². The number of ether oxygens (including phenoxy) is 1. The first-order valence-electron chi connectivity index (χ1n) is 8.61. The number of aryl methyl sites for hydroxylation is 1. The number of amides is 2. The summed E-state index contributed by atoms with van der Waals surface area (Å²) in [5.41, 5.74) is 1.84. The van der Waals surface area contributed by atoms with Gasteiger partial charge in [0.2, 0.25) is 0 Å². The second-order valence-corrected chi connectivity index (χ2v) is 8.01. The van der Waals surface area contributed by atoms with Crippen LogP contribution >= 0.6 is 22.9 Å². The summed E-state index contributed by atoms with van der Waals surface area (Å²) < 4.78 is 19.4. The second kappa shape index (κ2) is 7.46. The van der Waals surface area contributed by atoms with Crippen molar-refractivity contribution in [3.63, 3.8) is 0 Å². The molecule has 0 unspecified atom stereocenters. The van der Waals surface area contributed by atoms with Gasteiger partial charge in [0.15, 0.2) is 11.7 Å². The summed E-state index contributed by atoms with van der Waals surface area (Å²) in [6, 6.07) is 9.49. The van der Waals surface area contributed by atoms with Gasteiger partial charge in [-0.2, -0.15) is 0 Å². The molecule has 1 N–H and O–H groups in total. The van der Waals surface area contributed by atoms with Gasteiger partial charge in [-0.3, -0.25) is 14.9 Å². The summed E-state index contributed by atoms with van der Waals surface area (Å²) in [5.74, 6) is -0.894. The molecule has 0 saturated heterocycles. The maximum Gasteiger partial charge on any atom is 0.264 e. The third-order valence-corrected chi connectivity index (χ3v) is 5.73. The van der Waals surface area contributed by atoms with E-state index in [1.165, 1.54) is 34.4 Å². The maximum absolute atomic E-state index is 14.0. The highest BCUT2D eigenvalue weighted by atomic mass is 35.5. The number of nitrogens with zero attached hydrogens (tertiary/aromatic N) is 2. The molecule has 0 atom stereocenters. The molecule has 0 spiro atoms. The predicted octanol–water partition coefficient (Wildman–Crippen LogP) is 4.52. The van der Waals surface area contributed by atoms with E-state index >= 15 is 0 Å². The van der Waals surface area contributed by atoms with Gasteiger partial charge in [0.25, 0.3) is 11.8 Å². The highest BCUT2D eigenvalue weighted by molar-refractivity contribution is 7.16. The number of carbonyl (C=O) groups excluding carboxylic acids is 2. The lowest BCUT2D eigenvalue weighted by molar-refractivity contribution is -0.120. The van der Waals surface area contributed by atoms with Gasteiger partial charge in [0.05, 0.1) is 22.0 Å². The summed E-state index contributed by atoms with van der Waals surface area (Å²) >= 11 is 7.22. The Balaban J connectivity index is 1.64. The number of thiazole rings is 1. The molecule has 148 valence electrons. The molecule has 1 aliphatic heterocycles. The Morgan fingerprint density at radius 2 is 2.14 bits per heavy atom. The Morgan fingerprint density at radius 1 is 1.34 bits per heavy atom. The number of hydrogen-bond donors (Lipinski definition) is 1. The van der Waals surface area contributed by atoms with E-state index < -0.39 is 11.7 Å². The van der Waals surface area contributed by atoms with Gasteiger partial charge >= 0.3 is 0 Å². The Kier molecular flexibility index (Phi) is 4.97. The zero-order valence-electron chi connectivity index (χ0n) is 15.5. The standard InChI is InChI=1S/C20H15ClFN3O3S/c1-10-18(11-6-7-15-14(8-11)25(2)16(26)9-28-15)23-20(29-10)24-19(27)17-12(21)4-3-5-13(17)22/h3-8H,9H2,1-2H3,(H,23,24,27). The van der Waals surface area contributed by atoms with Crippen molar-refractivity contribution < 1.29 is 18.7 Å². The molecule has 4 rings (SSSR count). The van der Waals surface area contributed by atoms with Crippen molar-refractivity contribution in [2.45, 2.75) is 6.92 Å². The van der Waals surface area contributed by atoms with Gasteiger partial charge in [-0.05, 0) is 37.3 Å². The molecular weight excluding hydrogens is 417 g/mol. The van der Waals surface area contributed by atoms with E-state index in [1.54, 1.807) is 13.1 Å². The summed E-state index contributed by atoms with van der Waals surface area (Å²) in [5, 5.41) is 2.95. The minimum atomic E-state index is -0.703. The molecule has 0 bridgehead atoms. The first-order valence-corrected chi connectivity index (χ1v) is 9.81. The van der Waals surface area contributed by atoms with Crippen molar-refractivity contribution in [1.29, 1.82) is 0 Å². The van der Waals surface area contributed by atoms with E-state index in [4.69, 9.17) is 16.3 Å². The molecule has 0 fully saturated rings. The number of halogens is 2. The Bertz CT molecular complexity index is 1130. The SMILES string of the molecule is Cc1sc(NC(=O)c2c(F)cccc2Cl)nc1-c1ccc2c(c1)N(C)C(=O)CO2. The number of carbonyl (C=O) groups is 2. The van der Waals surface area contributed by atoms with Crippen LogP contribution in [0.1, 0.15) is 15.2 Å². The van der Waals surface area contributed by atoms with E-state index in [2.05, 4.69) is 10.3 Å². The van der Waals surface area contributed by atoms with E-state index in [-0.39, 0.29) is 23.1 Å². The minimum absolute atomic E-state index is 0.00730. The Morgan fingerprint density at radius 3 is 2.90 bits per heavy atom. The van der Waals surface area contributed by atoms with Crippen LogP contribution in [0.15, 0.2) is 36.4 Å². The van der Waals surface area contributed by atoms with Crippen LogP contribution in [-0.2, 0) is 4.79 Å². The quantitative estimate of drug-likeness (QED) is 0.662. The number of benzene rings is 2. The zero-order valence-corrected chi connectivity index (χ0v) is 17.0. The van der Waals surface area contributed by atoms with Crippen LogP contribution in [0.2, 0.25) is 5.02 Å². The van der Waals surface area contributed by atoms with Crippen molar-refractivity contribution in [3.05, 3.63) is 57.7 Å². The lowest BCUT2D eigenvalue weighted by Crippen LogP contribution is -2.35. The van der Waals surface area contributed by atoms with Crippen LogP contribution in [-0.4, -0.2) is 30.5 Å². The summed E-state index contributed by atoms with van der Waals surface area (Å²) in [6.07, 6.45) is 0. The molecular formula is C20H15ClFN3O3S. The third kappa shape index (κ3) is 3.56. The fraction of sp³-hybridized carbons (Fsp3) is 0.150. The molecule has 0 aliphatic carbocycles. The van der Waals surface area contributed by atoms with Crippen LogP contribution in [0.3, 0.4) is 0 Å². The van der Waals surface area contributed by atoms with Crippen molar-refractivity contribution in [3.8, 4) is 17.0 Å². The number of aromatic nitrogens is 1. The van der Waals surface area contributed by atoms with E-state index in [0.29, 0.717) is 22.3 Å². The number of anilines is 2. The van der Waals surface area contributed by atoms with Gasteiger partial charge in [-0.1, -0.05) is 17.7 Å². The van der Waals surface area contributed by atoms with Crippen LogP contribution in [0.4, 0.5) is 15.2 Å². The van der Waals surface area contributed by atoms with Crippen LogP contribution < -0.4 is 15.0 Å². The van der Waals surface area contributed by atoms with E-state index in [1.807, 2.05) is 19.1 Å². The average molecular weight is 432 g/mol. The van der Waals surface area contributed by atoms with Crippen molar-refractivity contribution in [1.82, 2.24) is 4.98 Å². The molecule has 0 saturated carbocycles. The molecule has 1 aliphatic rings. The van der Waals surface area contributed by atoms with Gasteiger partial charge < -0.3 is 9.64 Å². The van der Waals surface area contributed by atoms with Gasteiger partial charge in [0.1, 0.15) is 11.6 Å². The Labute approximate surface area is 174 Å². The van der Waals surface area contributed by atoms with Gasteiger partial charge in [0, 0.05) is 17.5 Å².